The zero-order valence-corrected chi connectivity index (χ0v) is 17.2. The number of hydrogen-bond acceptors (Lipinski definition) is 2. The highest BCUT2D eigenvalue weighted by Crippen LogP contribution is 2.43. The zero-order chi connectivity index (χ0) is 21.2. The van der Waals surface area contributed by atoms with E-state index in [2.05, 4.69) is 84.9 Å². The van der Waals surface area contributed by atoms with Gasteiger partial charge < -0.3 is 9.52 Å². The van der Waals surface area contributed by atoms with Crippen molar-refractivity contribution in [1.29, 1.82) is 0 Å². The van der Waals surface area contributed by atoms with Gasteiger partial charge in [0.15, 0.2) is 11.3 Å². The second kappa shape index (κ2) is 6.35. The van der Waals surface area contributed by atoms with Crippen LogP contribution in [0.3, 0.4) is 0 Å². The maximum Gasteiger partial charge on any atom is 0.177 e. The molecule has 2 heteroatoms. The standard InChI is InChI=1S/C30H18O2/c31-28-14-6-13-24-23-11-5-12-25(29(23)32-30(24)28)27-17-26-19-8-2-1-7-18(19)15-16-22(26)20-9-3-4-10-21(20)27/h1-17,31H. The summed E-state index contributed by atoms with van der Waals surface area (Å²) in [7, 11) is 0. The first-order valence-corrected chi connectivity index (χ1v) is 10.8. The molecule has 0 saturated carbocycles. The molecule has 150 valence electrons. The van der Waals surface area contributed by atoms with Crippen molar-refractivity contribution in [3.8, 4) is 16.9 Å². The SMILES string of the molecule is Oc1cccc2c1oc1c(-c3cc4c5ccccc5ccc4c4ccccc34)cccc12. The van der Waals surface area contributed by atoms with Gasteiger partial charge in [0, 0.05) is 16.3 Å². The van der Waals surface area contributed by atoms with E-state index in [1.807, 2.05) is 12.1 Å². The van der Waals surface area contributed by atoms with Crippen LogP contribution in [0.15, 0.2) is 108 Å². The van der Waals surface area contributed by atoms with Crippen LogP contribution in [0.4, 0.5) is 0 Å². The number of furan rings is 1. The number of phenolic OH excluding ortho intramolecular Hbond substituents is 1. The first-order chi connectivity index (χ1) is 15.8. The van der Waals surface area contributed by atoms with Crippen LogP contribution >= 0.6 is 0 Å². The Morgan fingerprint density at radius 2 is 1.09 bits per heavy atom. The molecule has 1 N–H and O–H groups in total. The lowest BCUT2D eigenvalue weighted by atomic mass is 9.90. The molecule has 0 unspecified atom stereocenters. The first kappa shape index (κ1) is 17.4. The number of hydrogen-bond donors (Lipinski definition) is 1. The van der Waals surface area contributed by atoms with Crippen LogP contribution in [0.2, 0.25) is 0 Å². The molecule has 0 radical (unpaired) electrons. The fraction of sp³-hybridized carbons (Fsp3) is 0. The van der Waals surface area contributed by atoms with Gasteiger partial charge in [-0.05, 0) is 50.0 Å². The molecule has 0 aliphatic rings. The summed E-state index contributed by atoms with van der Waals surface area (Å²) in [5.41, 5.74) is 3.50. The molecular formula is C30H18O2. The van der Waals surface area contributed by atoms with Crippen molar-refractivity contribution in [3.05, 3.63) is 103 Å². The van der Waals surface area contributed by atoms with Crippen LogP contribution in [0.25, 0.3) is 65.4 Å². The Morgan fingerprint density at radius 3 is 1.97 bits per heavy atom. The first-order valence-electron chi connectivity index (χ1n) is 10.8. The largest absolute Gasteiger partial charge is 0.504 e. The summed E-state index contributed by atoms with van der Waals surface area (Å²) in [5, 5.41) is 19.7. The molecule has 2 nitrogen and oxygen atoms in total. The molecule has 7 aromatic rings. The molecule has 0 amide bonds. The van der Waals surface area contributed by atoms with E-state index in [4.69, 9.17) is 4.42 Å². The second-order valence-electron chi connectivity index (χ2n) is 8.29. The zero-order valence-electron chi connectivity index (χ0n) is 17.2. The van der Waals surface area contributed by atoms with Crippen LogP contribution in [0, 0.1) is 0 Å². The van der Waals surface area contributed by atoms with Gasteiger partial charge in [-0.1, -0.05) is 91.0 Å². The summed E-state index contributed by atoms with van der Waals surface area (Å²) in [5.74, 6) is 0.166. The lowest BCUT2D eigenvalue weighted by Gasteiger charge is -2.13. The van der Waals surface area contributed by atoms with E-state index >= 15 is 0 Å². The van der Waals surface area contributed by atoms with Gasteiger partial charge in [0.1, 0.15) is 5.58 Å². The van der Waals surface area contributed by atoms with Gasteiger partial charge in [-0.3, -0.25) is 0 Å². The second-order valence-corrected chi connectivity index (χ2v) is 8.29. The number of phenols is 1. The maximum atomic E-state index is 10.4. The van der Waals surface area contributed by atoms with Crippen molar-refractivity contribution in [2.24, 2.45) is 0 Å². The lowest BCUT2D eigenvalue weighted by Crippen LogP contribution is -1.86. The number of para-hydroxylation sites is 2. The minimum absolute atomic E-state index is 0.166. The fourth-order valence-electron chi connectivity index (χ4n) is 5.10. The molecule has 1 aromatic heterocycles. The van der Waals surface area contributed by atoms with Crippen molar-refractivity contribution < 1.29 is 9.52 Å². The summed E-state index contributed by atoms with van der Waals surface area (Å²) in [6.45, 7) is 0. The van der Waals surface area contributed by atoms with Crippen molar-refractivity contribution in [1.82, 2.24) is 0 Å². The van der Waals surface area contributed by atoms with Gasteiger partial charge in [0.05, 0.1) is 0 Å². The molecule has 0 spiro atoms. The van der Waals surface area contributed by atoms with Gasteiger partial charge in [0.2, 0.25) is 0 Å². The summed E-state index contributed by atoms with van der Waals surface area (Å²) < 4.78 is 6.27. The average molecular weight is 410 g/mol. The summed E-state index contributed by atoms with van der Waals surface area (Å²) in [6.07, 6.45) is 0. The molecular weight excluding hydrogens is 392 g/mol. The molecule has 0 aliphatic heterocycles. The number of fused-ring (bicyclic) bond motifs is 8. The van der Waals surface area contributed by atoms with Gasteiger partial charge in [0.25, 0.3) is 0 Å². The minimum atomic E-state index is 0.166. The predicted molar refractivity (Wildman–Crippen MR) is 133 cm³/mol. The third kappa shape index (κ3) is 2.29. The highest BCUT2D eigenvalue weighted by Gasteiger charge is 2.17. The van der Waals surface area contributed by atoms with Gasteiger partial charge in [-0.2, -0.15) is 0 Å². The van der Waals surface area contributed by atoms with Crippen molar-refractivity contribution >= 4 is 54.3 Å². The number of aromatic hydroxyl groups is 1. The van der Waals surface area contributed by atoms with Gasteiger partial charge >= 0.3 is 0 Å². The average Bonchev–Trinajstić information content (AvgIpc) is 3.24. The van der Waals surface area contributed by atoms with Crippen molar-refractivity contribution in [3.63, 3.8) is 0 Å². The van der Waals surface area contributed by atoms with E-state index in [9.17, 15) is 5.11 Å². The predicted octanol–water partition coefficient (Wildman–Crippen LogP) is 8.42. The van der Waals surface area contributed by atoms with E-state index in [1.54, 1.807) is 6.07 Å². The Hall–Kier alpha value is -4.30. The monoisotopic (exact) mass is 410 g/mol. The normalized spacial score (nSPS) is 11.9. The summed E-state index contributed by atoms with van der Waals surface area (Å²) in [4.78, 5) is 0. The molecule has 0 atom stereocenters. The van der Waals surface area contributed by atoms with E-state index in [1.165, 1.54) is 32.3 Å². The highest BCUT2D eigenvalue weighted by atomic mass is 16.4. The van der Waals surface area contributed by atoms with Crippen LogP contribution in [0.1, 0.15) is 0 Å². The number of benzene rings is 6. The van der Waals surface area contributed by atoms with Crippen molar-refractivity contribution in [2.45, 2.75) is 0 Å². The summed E-state index contributed by atoms with van der Waals surface area (Å²) >= 11 is 0. The molecule has 0 bridgehead atoms. The maximum absolute atomic E-state index is 10.4. The molecule has 0 saturated heterocycles. The number of rotatable bonds is 1. The Kier molecular flexibility index (Phi) is 3.45. The molecule has 32 heavy (non-hydrogen) atoms. The third-order valence-corrected chi connectivity index (χ3v) is 6.56. The topological polar surface area (TPSA) is 33.4 Å². The van der Waals surface area contributed by atoms with Crippen LogP contribution < -0.4 is 0 Å². The molecule has 1 heterocycles. The quantitative estimate of drug-likeness (QED) is 0.276. The fourth-order valence-corrected chi connectivity index (χ4v) is 5.10. The molecule has 7 rings (SSSR count). The Bertz CT molecular complexity index is 1840. The van der Waals surface area contributed by atoms with Crippen LogP contribution in [-0.2, 0) is 0 Å². The van der Waals surface area contributed by atoms with Crippen LogP contribution in [-0.4, -0.2) is 5.11 Å². The molecule has 0 fully saturated rings. The Labute approximate surface area is 183 Å². The molecule has 0 aliphatic carbocycles. The third-order valence-electron chi connectivity index (χ3n) is 6.56. The van der Waals surface area contributed by atoms with Gasteiger partial charge in [-0.25, -0.2) is 0 Å². The Balaban J connectivity index is 1.68. The minimum Gasteiger partial charge on any atom is -0.504 e. The molecule has 6 aromatic carbocycles. The van der Waals surface area contributed by atoms with E-state index < -0.39 is 0 Å². The summed E-state index contributed by atoms with van der Waals surface area (Å²) in [6, 6.07) is 35.6. The van der Waals surface area contributed by atoms with Crippen molar-refractivity contribution in [2.75, 3.05) is 0 Å². The van der Waals surface area contributed by atoms with Crippen LogP contribution in [0.5, 0.6) is 5.75 Å². The van der Waals surface area contributed by atoms with Gasteiger partial charge in [-0.15, -0.1) is 0 Å². The highest BCUT2D eigenvalue weighted by molar-refractivity contribution is 6.22. The Morgan fingerprint density at radius 1 is 0.438 bits per heavy atom. The lowest BCUT2D eigenvalue weighted by molar-refractivity contribution is 0.469. The van der Waals surface area contributed by atoms with E-state index in [0.717, 1.165) is 27.5 Å². The van der Waals surface area contributed by atoms with E-state index in [0.29, 0.717) is 5.58 Å². The smallest absolute Gasteiger partial charge is 0.177 e. The van der Waals surface area contributed by atoms with E-state index in [-0.39, 0.29) is 5.75 Å².